The van der Waals surface area contributed by atoms with E-state index in [0.717, 1.165) is 5.92 Å². The molecule has 0 aromatic carbocycles. The second-order valence-corrected chi connectivity index (χ2v) is 2.01. The quantitative estimate of drug-likeness (QED) is 0.412. The molecule has 0 radical (unpaired) electrons. The third-order valence-electron chi connectivity index (χ3n) is 1.67. The summed E-state index contributed by atoms with van der Waals surface area (Å²) in [6.07, 6.45) is 4.48. The Balaban J connectivity index is 2.52. The Morgan fingerprint density at radius 1 is 1.33 bits per heavy atom. The van der Waals surface area contributed by atoms with Gasteiger partial charge in [0.1, 0.15) is 0 Å². The van der Waals surface area contributed by atoms with Crippen molar-refractivity contribution in [2.45, 2.75) is 6.92 Å². The minimum atomic E-state index is 0.852. The molecule has 30 valence electrons. The highest BCUT2D eigenvalue weighted by atomic mass is 14.3. The molecule has 0 fully saturated rings. The highest BCUT2D eigenvalue weighted by Crippen LogP contribution is 2.44. The van der Waals surface area contributed by atoms with Crippen LogP contribution in [0.2, 0.25) is 0 Å². The highest BCUT2D eigenvalue weighted by Gasteiger charge is 2.29. The molecular formula is C6H6. The zero-order valence-electron chi connectivity index (χ0n) is 3.73. The zero-order chi connectivity index (χ0) is 4.15. The van der Waals surface area contributed by atoms with Crippen molar-refractivity contribution >= 4 is 0 Å². The molecule has 0 atom stereocenters. The second kappa shape index (κ2) is 0.494. The van der Waals surface area contributed by atoms with Gasteiger partial charge in [-0.3, -0.25) is 0 Å². The first-order valence-corrected chi connectivity index (χ1v) is 2.31. The molecule has 2 bridgehead atoms. The van der Waals surface area contributed by atoms with E-state index in [1.54, 1.807) is 11.1 Å². The van der Waals surface area contributed by atoms with Gasteiger partial charge in [-0.1, -0.05) is 19.1 Å². The summed E-state index contributed by atoms with van der Waals surface area (Å²) in [4.78, 5) is 0. The van der Waals surface area contributed by atoms with E-state index in [2.05, 4.69) is 19.1 Å². The van der Waals surface area contributed by atoms with Crippen LogP contribution in [0, 0.1) is 5.92 Å². The molecule has 0 saturated heterocycles. The van der Waals surface area contributed by atoms with Crippen molar-refractivity contribution in [3.8, 4) is 0 Å². The molecule has 6 heavy (non-hydrogen) atoms. The summed E-state index contributed by atoms with van der Waals surface area (Å²) >= 11 is 0. The van der Waals surface area contributed by atoms with Crippen molar-refractivity contribution in [3.63, 3.8) is 0 Å². The molecule has 0 aromatic heterocycles. The number of hydrogen-bond acceptors (Lipinski definition) is 0. The van der Waals surface area contributed by atoms with Crippen LogP contribution >= 0.6 is 0 Å². The molecule has 0 aliphatic heterocycles. The third kappa shape index (κ3) is 0.0893. The molecule has 0 heterocycles. The summed E-state index contributed by atoms with van der Waals surface area (Å²) in [5, 5.41) is 0. The van der Waals surface area contributed by atoms with Gasteiger partial charge in [-0.05, 0) is 11.1 Å². The molecule has 3 aliphatic rings. The van der Waals surface area contributed by atoms with Crippen LogP contribution in [0.5, 0.6) is 0 Å². The van der Waals surface area contributed by atoms with Crippen LogP contribution in [0.1, 0.15) is 6.92 Å². The highest BCUT2D eigenvalue weighted by molar-refractivity contribution is 5.61. The maximum atomic E-state index is 2.24. The standard InChI is InChI=1S/C6H6/c1-4-5-2-6(4)3-5/h2-4H,1H3. The van der Waals surface area contributed by atoms with Crippen LogP contribution in [0.3, 0.4) is 0 Å². The van der Waals surface area contributed by atoms with Crippen LogP contribution in [-0.4, -0.2) is 0 Å². The molecule has 0 heteroatoms. The Bertz CT molecular complexity index is 126. The van der Waals surface area contributed by atoms with E-state index in [1.807, 2.05) is 0 Å². The first-order chi connectivity index (χ1) is 2.88. The van der Waals surface area contributed by atoms with Crippen molar-refractivity contribution in [3.05, 3.63) is 23.3 Å². The van der Waals surface area contributed by atoms with Gasteiger partial charge in [0.2, 0.25) is 0 Å². The molecule has 3 rings (SSSR count). The summed E-state index contributed by atoms with van der Waals surface area (Å²) in [5.74, 6) is 0.852. The predicted octanol–water partition coefficient (Wildman–Crippen LogP) is 1.50. The molecule has 0 spiro atoms. The Labute approximate surface area is 37.2 Å². The Morgan fingerprint density at radius 3 is 1.67 bits per heavy atom. The van der Waals surface area contributed by atoms with Crippen molar-refractivity contribution in [2.24, 2.45) is 5.92 Å². The number of allylic oxidation sites excluding steroid dienone is 4. The van der Waals surface area contributed by atoms with Crippen LogP contribution in [-0.2, 0) is 0 Å². The molecule has 0 amide bonds. The predicted molar refractivity (Wildman–Crippen MR) is 25.3 cm³/mol. The Morgan fingerprint density at radius 2 is 1.67 bits per heavy atom. The van der Waals surface area contributed by atoms with E-state index >= 15 is 0 Å². The van der Waals surface area contributed by atoms with Crippen molar-refractivity contribution in [2.75, 3.05) is 0 Å². The topological polar surface area (TPSA) is 0 Å². The molecule has 0 aromatic rings. The smallest absolute Gasteiger partial charge is 0.00614 e. The van der Waals surface area contributed by atoms with E-state index in [9.17, 15) is 0 Å². The normalized spacial score (nSPS) is 26.8. The maximum Gasteiger partial charge on any atom is 0.00614 e. The van der Waals surface area contributed by atoms with Gasteiger partial charge in [0, 0.05) is 5.92 Å². The van der Waals surface area contributed by atoms with Crippen molar-refractivity contribution in [1.29, 1.82) is 0 Å². The lowest BCUT2D eigenvalue weighted by molar-refractivity contribution is 0.725. The van der Waals surface area contributed by atoms with Crippen LogP contribution in [0.25, 0.3) is 0 Å². The third-order valence-corrected chi connectivity index (χ3v) is 1.67. The SMILES string of the molecule is CC1C2=CC1=C2. The summed E-state index contributed by atoms with van der Waals surface area (Å²) in [7, 11) is 0. The minimum Gasteiger partial charge on any atom is -0.0546 e. The molecule has 0 nitrogen and oxygen atoms in total. The largest absolute Gasteiger partial charge is 0.0546 e. The van der Waals surface area contributed by atoms with Gasteiger partial charge < -0.3 is 0 Å². The lowest BCUT2D eigenvalue weighted by Crippen LogP contribution is -2.20. The van der Waals surface area contributed by atoms with Gasteiger partial charge in [0.05, 0.1) is 0 Å². The van der Waals surface area contributed by atoms with E-state index in [1.165, 1.54) is 0 Å². The summed E-state index contributed by atoms with van der Waals surface area (Å²) in [5.41, 5.74) is 3.09. The average molecular weight is 78.1 g/mol. The summed E-state index contributed by atoms with van der Waals surface area (Å²) in [6.45, 7) is 2.24. The maximum absolute atomic E-state index is 2.24. The molecule has 0 unspecified atom stereocenters. The molecular weight excluding hydrogens is 72.1 g/mol. The van der Waals surface area contributed by atoms with Gasteiger partial charge in [0.15, 0.2) is 0 Å². The fraction of sp³-hybridized carbons (Fsp3) is 0.333. The first kappa shape index (κ1) is 2.62. The Hall–Kier alpha value is -0.520. The van der Waals surface area contributed by atoms with E-state index in [4.69, 9.17) is 0 Å². The van der Waals surface area contributed by atoms with E-state index in [-0.39, 0.29) is 0 Å². The fourth-order valence-electron chi connectivity index (χ4n) is 0.872. The van der Waals surface area contributed by atoms with Gasteiger partial charge >= 0.3 is 0 Å². The second-order valence-electron chi connectivity index (χ2n) is 2.01. The monoisotopic (exact) mass is 78.0 g/mol. The van der Waals surface area contributed by atoms with Gasteiger partial charge in [0.25, 0.3) is 0 Å². The van der Waals surface area contributed by atoms with Gasteiger partial charge in [-0.25, -0.2) is 0 Å². The molecule has 3 aliphatic carbocycles. The average Bonchev–Trinajstić information content (AvgIpc) is 1.28. The number of hydrogen-bond donors (Lipinski definition) is 0. The lowest BCUT2D eigenvalue weighted by Gasteiger charge is -2.35. The van der Waals surface area contributed by atoms with Gasteiger partial charge in [-0.2, -0.15) is 0 Å². The fourth-order valence-corrected chi connectivity index (χ4v) is 0.872. The molecule has 0 saturated carbocycles. The van der Waals surface area contributed by atoms with Crippen LogP contribution in [0.4, 0.5) is 0 Å². The van der Waals surface area contributed by atoms with E-state index in [0.29, 0.717) is 0 Å². The number of rotatable bonds is 0. The van der Waals surface area contributed by atoms with Gasteiger partial charge in [-0.15, -0.1) is 0 Å². The summed E-state index contributed by atoms with van der Waals surface area (Å²) < 4.78 is 0. The molecule has 0 N–H and O–H groups in total. The van der Waals surface area contributed by atoms with Crippen LogP contribution < -0.4 is 0 Å². The van der Waals surface area contributed by atoms with E-state index < -0.39 is 0 Å². The Kier molecular flexibility index (Phi) is 0.216. The zero-order valence-corrected chi connectivity index (χ0v) is 3.73. The lowest BCUT2D eigenvalue weighted by atomic mass is 9.69. The van der Waals surface area contributed by atoms with Crippen molar-refractivity contribution < 1.29 is 0 Å². The summed E-state index contributed by atoms with van der Waals surface area (Å²) in [6, 6.07) is 0. The first-order valence-electron chi connectivity index (χ1n) is 2.31. The minimum absolute atomic E-state index is 0.852. The van der Waals surface area contributed by atoms with Crippen LogP contribution in [0.15, 0.2) is 23.3 Å². The van der Waals surface area contributed by atoms with Crippen molar-refractivity contribution in [1.82, 2.24) is 0 Å².